The number of amides is 1. The van der Waals surface area contributed by atoms with Crippen LogP contribution in [0.3, 0.4) is 0 Å². The van der Waals surface area contributed by atoms with Gasteiger partial charge in [0.1, 0.15) is 5.75 Å². The lowest BCUT2D eigenvalue weighted by atomic mass is 10.3. The number of hydrogen-bond acceptors (Lipinski definition) is 4. The first-order chi connectivity index (χ1) is 9.06. The summed E-state index contributed by atoms with van der Waals surface area (Å²) < 4.78 is 10.0. The third-order valence-corrected chi connectivity index (χ3v) is 2.77. The van der Waals surface area contributed by atoms with Crippen LogP contribution >= 0.6 is 11.6 Å². The largest absolute Gasteiger partial charge is 0.497 e. The maximum Gasteiger partial charge on any atom is 0.239 e. The summed E-state index contributed by atoms with van der Waals surface area (Å²) in [5.41, 5.74) is 0.663. The van der Waals surface area contributed by atoms with Gasteiger partial charge in [-0.25, -0.2) is 0 Å². The third kappa shape index (κ3) is 5.36. The fraction of sp³-hybridized carbons (Fsp3) is 0.462. The van der Waals surface area contributed by atoms with Crippen LogP contribution < -0.4 is 15.4 Å². The van der Waals surface area contributed by atoms with Crippen molar-refractivity contribution in [1.82, 2.24) is 5.32 Å². The highest BCUT2D eigenvalue weighted by Gasteiger charge is 2.08. The Morgan fingerprint density at radius 2 is 2.16 bits per heavy atom. The van der Waals surface area contributed by atoms with Crippen LogP contribution in [0.15, 0.2) is 18.2 Å². The molecular formula is C13H19ClN2O3. The molecule has 2 N–H and O–H groups in total. The second kappa shape index (κ2) is 7.86. The van der Waals surface area contributed by atoms with Gasteiger partial charge in [-0.2, -0.15) is 0 Å². The molecular weight excluding hydrogens is 268 g/mol. The number of rotatable bonds is 7. The summed E-state index contributed by atoms with van der Waals surface area (Å²) in [5, 5.41) is 6.31. The lowest BCUT2D eigenvalue weighted by Gasteiger charge is -2.14. The smallest absolute Gasteiger partial charge is 0.239 e. The Hall–Kier alpha value is -1.46. The second-order valence-electron chi connectivity index (χ2n) is 4.12. The molecule has 19 heavy (non-hydrogen) atoms. The average Bonchev–Trinajstić information content (AvgIpc) is 2.38. The summed E-state index contributed by atoms with van der Waals surface area (Å²) in [5.74, 6) is 0.559. The minimum atomic E-state index is -0.122. The van der Waals surface area contributed by atoms with Crippen molar-refractivity contribution in [2.45, 2.75) is 13.0 Å². The predicted octanol–water partition coefficient (Wildman–Crippen LogP) is 1.91. The molecule has 0 radical (unpaired) electrons. The van der Waals surface area contributed by atoms with Crippen LogP contribution in [0, 0.1) is 0 Å². The summed E-state index contributed by atoms with van der Waals surface area (Å²) in [6, 6.07) is 5.19. The van der Waals surface area contributed by atoms with Gasteiger partial charge in [-0.3, -0.25) is 4.79 Å². The number of carbonyl (C=O) groups excluding carboxylic acids is 1. The molecule has 0 fully saturated rings. The van der Waals surface area contributed by atoms with Gasteiger partial charge in [0.15, 0.2) is 0 Å². The number of nitrogens with one attached hydrogen (secondary N) is 2. The Labute approximate surface area is 118 Å². The standard InChI is InChI=1S/C13H19ClN2O3/c1-9(8-18-2)16-13(17)7-15-12-6-10(19-3)4-5-11(12)14/h4-6,9,15H,7-8H2,1-3H3,(H,16,17). The van der Waals surface area contributed by atoms with E-state index in [1.165, 1.54) is 0 Å². The predicted molar refractivity (Wildman–Crippen MR) is 76.0 cm³/mol. The number of ether oxygens (including phenoxy) is 2. The molecule has 1 rings (SSSR count). The molecule has 6 heteroatoms. The van der Waals surface area contributed by atoms with Crippen molar-refractivity contribution in [2.24, 2.45) is 0 Å². The zero-order chi connectivity index (χ0) is 14.3. The molecule has 0 saturated carbocycles. The number of benzene rings is 1. The molecule has 1 aromatic rings. The second-order valence-corrected chi connectivity index (χ2v) is 4.53. The van der Waals surface area contributed by atoms with E-state index in [1.807, 2.05) is 6.92 Å². The van der Waals surface area contributed by atoms with Gasteiger partial charge in [-0.05, 0) is 19.1 Å². The number of carbonyl (C=O) groups is 1. The highest BCUT2D eigenvalue weighted by atomic mass is 35.5. The van der Waals surface area contributed by atoms with Gasteiger partial charge >= 0.3 is 0 Å². The van der Waals surface area contributed by atoms with Gasteiger partial charge in [0.2, 0.25) is 5.91 Å². The van der Waals surface area contributed by atoms with Gasteiger partial charge < -0.3 is 20.1 Å². The Balaban J connectivity index is 2.50. The molecule has 1 unspecified atom stereocenters. The molecule has 0 aliphatic carbocycles. The van der Waals surface area contributed by atoms with Crippen molar-refractivity contribution in [3.8, 4) is 5.75 Å². The van der Waals surface area contributed by atoms with Crippen molar-refractivity contribution in [3.05, 3.63) is 23.2 Å². The van der Waals surface area contributed by atoms with Gasteiger partial charge in [0.25, 0.3) is 0 Å². The molecule has 0 aromatic heterocycles. The maximum absolute atomic E-state index is 11.7. The lowest BCUT2D eigenvalue weighted by molar-refractivity contribution is -0.120. The topological polar surface area (TPSA) is 59.6 Å². The molecule has 5 nitrogen and oxygen atoms in total. The normalized spacial score (nSPS) is 11.8. The van der Waals surface area contributed by atoms with Crippen molar-refractivity contribution in [2.75, 3.05) is 32.7 Å². The number of hydrogen-bond donors (Lipinski definition) is 2. The molecule has 0 heterocycles. The van der Waals surface area contributed by atoms with Crippen molar-refractivity contribution in [3.63, 3.8) is 0 Å². The quantitative estimate of drug-likeness (QED) is 0.804. The minimum Gasteiger partial charge on any atom is -0.497 e. The summed E-state index contributed by atoms with van der Waals surface area (Å²) in [6.45, 7) is 2.49. The lowest BCUT2D eigenvalue weighted by Crippen LogP contribution is -2.39. The van der Waals surface area contributed by atoms with Gasteiger partial charge in [-0.1, -0.05) is 11.6 Å². The Bertz CT molecular complexity index is 426. The van der Waals surface area contributed by atoms with Crippen molar-refractivity contribution < 1.29 is 14.3 Å². The van der Waals surface area contributed by atoms with Crippen LogP contribution in [0.4, 0.5) is 5.69 Å². The number of halogens is 1. The summed E-state index contributed by atoms with van der Waals surface area (Å²) >= 11 is 6.02. The fourth-order valence-corrected chi connectivity index (χ4v) is 1.74. The molecule has 0 aliphatic rings. The Kier molecular flexibility index (Phi) is 6.45. The highest BCUT2D eigenvalue weighted by Crippen LogP contribution is 2.26. The molecule has 0 bridgehead atoms. The molecule has 0 aliphatic heterocycles. The zero-order valence-corrected chi connectivity index (χ0v) is 12.1. The Morgan fingerprint density at radius 3 is 2.79 bits per heavy atom. The van der Waals surface area contributed by atoms with E-state index in [1.54, 1.807) is 32.4 Å². The van der Waals surface area contributed by atoms with Gasteiger partial charge in [0, 0.05) is 19.2 Å². The average molecular weight is 287 g/mol. The fourth-order valence-electron chi connectivity index (χ4n) is 1.56. The van der Waals surface area contributed by atoms with E-state index in [0.29, 0.717) is 23.1 Å². The first kappa shape index (κ1) is 15.6. The Morgan fingerprint density at radius 1 is 1.42 bits per heavy atom. The van der Waals surface area contributed by atoms with E-state index < -0.39 is 0 Å². The third-order valence-electron chi connectivity index (χ3n) is 2.44. The first-order valence-electron chi connectivity index (χ1n) is 5.92. The number of methoxy groups -OCH3 is 2. The summed E-state index contributed by atoms with van der Waals surface area (Å²) in [4.78, 5) is 11.7. The molecule has 1 aromatic carbocycles. The van der Waals surface area contributed by atoms with E-state index in [2.05, 4.69) is 10.6 Å². The first-order valence-corrected chi connectivity index (χ1v) is 6.30. The van der Waals surface area contributed by atoms with Crippen LogP contribution in [0.1, 0.15) is 6.92 Å². The van der Waals surface area contributed by atoms with Crippen LogP contribution in [-0.4, -0.2) is 39.3 Å². The van der Waals surface area contributed by atoms with Gasteiger partial charge in [0.05, 0.1) is 31.0 Å². The van der Waals surface area contributed by atoms with Crippen LogP contribution in [0.2, 0.25) is 5.02 Å². The molecule has 1 atom stereocenters. The van der Waals surface area contributed by atoms with Gasteiger partial charge in [-0.15, -0.1) is 0 Å². The molecule has 0 spiro atoms. The molecule has 0 saturated heterocycles. The van der Waals surface area contributed by atoms with E-state index in [-0.39, 0.29) is 18.5 Å². The number of anilines is 1. The summed E-state index contributed by atoms with van der Waals surface area (Å²) in [6.07, 6.45) is 0. The van der Waals surface area contributed by atoms with E-state index in [4.69, 9.17) is 21.1 Å². The van der Waals surface area contributed by atoms with Crippen molar-refractivity contribution >= 4 is 23.2 Å². The van der Waals surface area contributed by atoms with Crippen LogP contribution in [0.25, 0.3) is 0 Å². The maximum atomic E-state index is 11.7. The van der Waals surface area contributed by atoms with E-state index in [0.717, 1.165) is 0 Å². The van der Waals surface area contributed by atoms with Crippen LogP contribution in [0.5, 0.6) is 5.75 Å². The molecule has 1 amide bonds. The summed E-state index contributed by atoms with van der Waals surface area (Å²) in [7, 11) is 3.17. The SMILES string of the molecule is COCC(C)NC(=O)CNc1cc(OC)ccc1Cl. The van der Waals surface area contributed by atoms with E-state index in [9.17, 15) is 4.79 Å². The van der Waals surface area contributed by atoms with Crippen LogP contribution in [-0.2, 0) is 9.53 Å². The molecule has 106 valence electrons. The van der Waals surface area contributed by atoms with E-state index >= 15 is 0 Å². The van der Waals surface area contributed by atoms with Crippen molar-refractivity contribution in [1.29, 1.82) is 0 Å². The monoisotopic (exact) mass is 286 g/mol. The zero-order valence-electron chi connectivity index (χ0n) is 11.3. The highest BCUT2D eigenvalue weighted by molar-refractivity contribution is 6.33. The minimum absolute atomic E-state index is 0.0277.